The van der Waals surface area contributed by atoms with Gasteiger partial charge in [0.1, 0.15) is 22.9 Å². The molecule has 4 rings (SSSR count). The zero-order valence-electron chi connectivity index (χ0n) is 15.3. The Balaban J connectivity index is 1.51. The highest BCUT2D eigenvalue weighted by molar-refractivity contribution is 5.94. The standard InChI is InChI=1S/C21H20F2N4O/c22-15-7-5-8-16(23)19(15)21(28)25-12-13-27-18-10-2-1-6-14(18)20(26-27)17-9-3-4-11-24-17/h3-5,7-9,11H,1-2,6,10,12-13H2,(H,25,28). The summed E-state index contributed by atoms with van der Waals surface area (Å²) in [7, 11) is 0. The van der Waals surface area contributed by atoms with Gasteiger partial charge in [0.05, 0.1) is 12.2 Å². The summed E-state index contributed by atoms with van der Waals surface area (Å²) in [5, 5.41) is 7.31. The average Bonchev–Trinajstić information content (AvgIpc) is 3.07. The third kappa shape index (κ3) is 3.52. The summed E-state index contributed by atoms with van der Waals surface area (Å²) in [5.41, 5.74) is 3.51. The lowest BCUT2D eigenvalue weighted by Crippen LogP contribution is -2.29. The molecule has 0 bridgehead atoms. The maximum absolute atomic E-state index is 13.7. The molecular formula is C21H20F2N4O. The van der Waals surface area contributed by atoms with Crippen LogP contribution < -0.4 is 5.32 Å². The van der Waals surface area contributed by atoms with Crippen molar-refractivity contribution in [3.63, 3.8) is 0 Å². The Hall–Kier alpha value is -3.09. The number of nitrogens with one attached hydrogen (secondary N) is 1. The third-order valence-electron chi connectivity index (χ3n) is 4.96. The van der Waals surface area contributed by atoms with E-state index in [-0.39, 0.29) is 6.54 Å². The molecule has 0 atom stereocenters. The number of pyridine rings is 1. The SMILES string of the molecule is O=C(NCCn1nc(-c2ccccn2)c2c1CCCC2)c1c(F)cccc1F. The molecule has 0 fully saturated rings. The summed E-state index contributed by atoms with van der Waals surface area (Å²) < 4.78 is 29.4. The summed E-state index contributed by atoms with van der Waals surface area (Å²) in [4.78, 5) is 16.6. The summed E-state index contributed by atoms with van der Waals surface area (Å²) in [6.07, 6.45) is 5.82. The molecule has 28 heavy (non-hydrogen) atoms. The van der Waals surface area contributed by atoms with Crippen molar-refractivity contribution in [2.24, 2.45) is 0 Å². The van der Waals surface area contributed by atoms with Crippen molar-refractivity contribution in [3.05, 3.63) is 71.1 Å². The molecule has 0 aliphatic heterocycles. The lowest BCUT2D eigenvalue weighted by molar-refractivity contribution is 0.0943. The highest BCUT2D eigenvalue weighted by atomic mass is 19.1. The number of hydrogen-bond acceptors (Lipinski definition) is 3. The molecule has 0 unspecified atom stereocenters. The van der Waals surface area contributed by atoms with E-state index in [1.165, 1.54) is 11.6 Å². The number of nitrogens with zero attached hydrogens (tertiary/aromatic N) is 3. The zero-order valence-corrected chi connectivity index (χ0v) is 15.3. The van der Waals surface area contributed by atoms with Crippen LogP contribution in [0, 0.1) is 11.6 Å². The largest absolute Gasteiger partial charge is 0.350 e. The van der Waals surface area contributed by atoms with Crippen LogP contribution in [0.5, 0.6) is 0 Å². The Morgan fingerprint density at radius 3 is 2.61 bits per heavy atom. The Kier molecular flexibility index (Phi) is 5.14. The molecule has 3 aromatic rings. The van der Waals surface area contributed by atoms with E-state index < -0.39 is 23.1 Å². The smallest absolute Gasteiger partial charge is 0.257 e. The van der Waals surface area contributed by atoms with E-state index >= 15 is 0 Å². The van der Waals surface area contributed by atoms with Gasteiger partial charge in [-0.25, -0.2) is 8.78 Å². The van der Waals surface area contributed by atoms with Crippen LogP contribution in [0.3, 0.4) is 0 Å². The van der Waals surface area contributed by atoms with Crippen LogP contribution in [0.1, 0.15) is 34.5 Å². The van der Waals surface area contributed by atoms with Crippen molar-refractivity contribution in [1.82, 2.24) is 20.1 Å². The van der Waals surface area contributed by atoms with Gasteiger partial charge in [0, 0.05) is 24.0 Å². The summed E-state index contributed by atoms with van der Waals surface area (Å²) in [6, 6.07) is 9.10. The van der Waals surface area contributed by atoms with Gasteiger partial charge in [0.25, 0.3) is 5.91 Å². The minimum atomic E-state index is -0.869. The second kappa shape index (κ2) is 7.88. The number of amides is 1. The number of rotatable bonds is 5. The number of benzene rings is 1. The van der Waals surface area contributed by atoms with Crippen LogP contribution in [0.15, 0.2) is 42.6 Å². The van der Waals surface area contributed by atoms with E-state index in [1.807, 2.05) is 22.9 Å². The molecular weight excluding hydrogens is 362 g/mol. The van der Waals surface area contributed by atoms with Gasteiger partial charge >= 0.3 is 0 Å². The second-order valence-corrected chi connectivity index (χ2v) is 6.77. The number of aromatic nitrogens is 3. The Morgan fingerprint density at radius 1 is 1.07 bits per heavy atom. The molecule has 0 radical (unpaired) electrons. The van der Waals surface area contributed by atoms with E-state index in [0.717, 1.165) is 54.9 Å². The first-order chi connectivity index (χ1) is 13.6. The predicted octanol–water partition coefficient (Wildman–Crippen LogP) is 3.53. The van der Waals surface area contributed by atoms with Crippen LogP contribution in [-0.2, 0) is 19.4 Å². The normalized spacial score (nSPS) is 13.2. The van der Waals surface area contributed by atoms with Gasteiger partial charge in [-0.15, -0.1) is 0 Å². The second-order valence-electron chi connectivity index (χ2n) is 6.77. The minimum absolute atomic E-state index is 0.225. The van der Waals surface area contributed by atoms with Crippen molar-refractivity contribution in [3.8, 4) is 11.4 Å². The average molecular weight is 382 g/mol. The number of hydrogen-bond donors (Lipinski definition) is 1. The molecule has 5 nitrogen and oxygen atoms in total. The first-order valence-corrected chi connectivity index (χ1v) is 9.37. The highest BCUT2D eigenvalue weighted by Crippen LogP contribution is 2.30. The number of fused-ring (bicyclic) bond motifs is 1. The molecule has 0 spiro atoms. The van der Waals surface area contributed by atoms with Gasteiger partial charge in [-0.1, -0.05) is 12.1 Å². The molecule has 144 valence electrons. The summed E-state index contributed by atoms with van der Waals surface area (Å²) in [6.45, 7) is 0.652. The van der Waals surface area contributed by atoms with Crippen LogP contribution >= 0.6 is 0 Å². The van der Waals surface area contributed by atoms with Gasteiger partial charge < -0.3 is 5.32 Å². The van der Waals surface area contributed by atoms with Crippen LogP contribution in [0.25, 0.3) is 11.4 Å². The quantitative estimate of drug-likeness (QED) is 0.734. The van der Waals surface area contributed by atoms with Gasteiger partial charge in [0.2, 0.25) is 0 Å². The first-order valence-electron chi connectivity index (χ1n) is 9.37. The van der Waals surface area contributed by atoms with E-state index in [1.54, 1.807) is 6.20 Å². The van der Waals surface area contributed by atoms with E-state index in [2.05, 4.69) is 10.3 Å². The Labute approximate surface area is 161 Å². The molecule has 2 heterocycles. The van der Waals surface area contributed by atoms with E-state index in [9.17, 15) is 13.6 Å². The molecule has 1 aliphatic rings. The maximum Gasteiger partial charge on any atom is 0.257 e. The lowest BCUT2D eigenvalue weighted by Gasteiger charge is -2.14. The highest BCUT2D eigenvalue weighted by Gasteiger charge is 2.22. The molecule has 1 aromatic carbocycles. The monoisotopic (exact) mass is 382 g/mol. The van der Waals surface area contributed by atoms with Gasteiger partial charge in [0.15, 0.2) is 0 Å². The molecule has 1 N–H and O–H groups in total. The van der Waals surface area contributed by atoms with Gasteiger partial charge in [-0.3, -0.25) is 14.5 Å². The van der Waals surface area contributed by atoms with Crippen molar-refractivity contribution >= 4 is 5.91 Å². The van der Waals surface area contributed by atoms with Gasteiger partial charge in [-0.05, 0) is 49.9 Å². The van der Waals surface area contributed by atoms with Crippen LogP contribution in [-0.4, -0.2) is 27.2 Å². The molecule has 7 heteroatoms. The number of halogens is 2. The summed E-state index contributed by atoms with van der Waals surface area (Å²) >= 11 is 0. The maximum atomic E-state index is 13.7. The van der Waals surface area contributed by atoms with Crippen LogP contribution in [0.4, 0.5) is 8.78 Å². The number of carbonyl (C=O) groups excluding carboxylic acids is 1. The zero-order chi connectivity index (χ0) is 19.5. The van der Waals surface area contributed by atoms with Crippen molar-refractivity contribution in [1.29, 1.82) is 0 Å². The van der Waals surface area contributed by atoms with Gasteiger partial charge in [-0.2, -0.15) is 5.10 Å². The van der Waals surface area contributed by atoms with Crippen molar-refractivity contribution in [2.45, 2.75) is 32.2 Å². The molecule has 0 saturated heterocycles. The fraction of sp³-hybridized carbons (Fsp3) is 0.286. The molecule has 1 aliphatic carbocycles. The summed E-state index contributed by atoms with van der Waals surface area (Å²) in [5.74, 6) is -2.50. The molecule has 2 aromatic heterocycles. The minimum Gasteiger partial charge on any atom is -0.350 e. The first kappa shape index (κ1) is 18.3. The lowest BCUT2D eigenvalue weighted by atomic mass is 9.95. The Bertz CT molecular complexity index is 981. The fourth-order valence-corrected chi connectivity index (χ4v) is 3.64. The van der Waals surface area contributed by atoms with Crippen molar-refractivity contribution in [2.75, 3.05) is 6.54 Å². The topological polar surface area (TPSA) is 59.8 Å². The van der Waals surface area contributed by atoms with Crippen molar-refractivity contribution < 1.29 is 13.6 Å². The number of carbonyl (C=O) groups is 1. The molecule has 1 amide bonds. The van der Waals surface area contributed by atoms with Crippen LogP contribution in [0.2, 0.25) is 0 Å². The molecule has 0 saturated carbocycles. The third-order valence-corrected chi connectivity index (χ3v) is 4.96. The predicted molar refractivity (Wildman–Crippen MR) is 101 cm³/mol. The Morgan fingerprint density at radius 2 is 1.86 bits per heavy atom. The fourth-order valence-electron chi connectivity index (χ4n) is 3.64. The van der Waals surface area contributed by atoms with E-state index in [0.29, 0.717) is 6.54 Å². The van der Waals surface area contributed by atoms with E-state index in [4.69, 9.17) is 5.10 Å².